The molecule has 4 N–H and O–H groups in total. The van der Waals surface area contributed by atoms with Crippen LogP contribution in [0.2, 0.25) is 0 Å². The molecule has 3 amide bonds. The predicted octanol–water partition coefficient (Wildman–Crippen LogP) is 2.97. The Morgan fingerprint density at radius 3 is 1.98 bits per heavy atom. The average Bonchev–Trinajstić information content (AvgIpc) is 3.15. The van der Waals surface area contributed by atoms with E-state index in [1.807, 2.05) is 38.1 Å². The molecular weight excluding hydrogens is 560 g/mol. The van der Waals surface area contributed by atoms with Crippen LogP contribution < -0.4 is 15.4 Å². The van der Waals surface area contributed by atoms with Gasteiger partial charge in [-0.2, -0.15) is 0 Å². The molecule has 11 nitrogen and oxygen atoms in total. The zero-order valence-electron chi connectivity index (χ0n) is 23.6. The molecule has 3 aromatic carbocycles. The molecule has 12 heteroatoms. The van der Waals surface area contributed by atoms with Gasteiger partial charge >= 0.3 is 5.97 Å². The van der Waals surface area contributed by atoms with Crippen LogP contribution in [0.1, 0.15) is 53.0 Å². The van der Waals surface area contributed by atoms with Crippen molar-refractivity contribution in [2.24, 2.45) is 5.92 Å². The van der Waals surface area contributed by atoms with Gasteiger partial charge in [0.25, 0.3) is 11.8 Å². The van der Waals surface area contributed by atoms with E-state index in [-0.39, 0.29) is 36.6 Å². The summed E-state index contributed by atoms with van der Waals surface area (Å²) >= 11 is 0. The summed E-state index contributed by atoms with van der Waals surface area (Å²) in [7, 11) is -3.41. The van der Waals surface area contributed by atoms with Crippen LogP contribution in [0.4, 0.5) is 5.69 Å². The number of carboxylic acid groups (broad SMARTS) is 1. The maximum Gasteiger partial charge on any atom is 0.320 e. The molecule has 4 rings (SSSR count). The third-order valence-electron chi connectivity index (χ3n) is 6.93. The lowest BCUT2D eigenvalue weighted by atomic mass is 10.0. The lowest BCUT2D eigenvalue weighted by Gasteiger charge is -2.25. The zero-order chi connectivity index (χ0) is 30.6. The number of nitrogens with one attached hydrogen (secondary N) is 3. The fourth-order valence-electron chi connectivity index (χ4n) is 4.90. The second kappa shape index (κ2) is 12.7. The molecule has 1 heterocycles. The summed E-state index contributed by atoms with van der Waals surface area (Å²) in [6, 6.07) is 15.2. The van der Waals surface area contributed by atoms with Gasteiger partial charge in [0.1, 0.15) is 6.04 Å². The Balaban J connectivity index is 1.40. The quantitative estimate of drug-likeness (QED) is 0.220. The first-order valence-electron chi connectivity index (χ1n) is 13.5. The van der Waals surface area contributed by atoms with Crippen LogP contribution in [0.3, 0.4) is 0 Å². The molecule has 0 radical (unpaired) electrons. The lowest BCUT2D eigenvalue weighted by Crippen LogP contribution is -2.52. The zero-order valence-corrected chi connectivity index (χ0v) is 24.4. The molecule has 42 heavy (non-hydrogen) atoms. The monoisotopic (exact) mass is 594 g/mol. The van der Waals surface area contributed by atoms with E-state index in [1.54, 1.807) is 36.4 Å². The van der Waals surface area contributed by atoms with E-state index in [9.17, 15) is 32.7 Å². The number of rotatable bonds is 13. The summed E-state index contributed by atoms with van der Waals surface area (Å²) in [6.45, 7) is 3.84. The fraction of sp³-hybridized carbons (Fsp3) is 0.333. The Morgan fingerprint density at radius 2 is 1.48 bits per heavy atom. The molecule has 0 saturated carbocycles. The molecule has 0 fully saturated rings. The number of carboxylic acids is 1. The summed E-state index contributed by atoms with van der Waals surface area (Å²) < 4.78 is 25.2. The van der Waals surface area contributed by atoms with E-state index < -0.39 is 45.8 Å². The van der Waals surface area contributed by atoms with Crippen molar-refractivity contribution in [2.75, 3.05) is 17.5 Å². The van der Waals surface area contributed by atoms with Crippen LogP contribution in [0, 0.1) is 5.92 Å². The molecule has 0 aromatic heterocycles. The SMILES string of the molecule is CC(C)CC(N[C@H](CCN1C(=O)c2cc3ccccc3cc2C1=O)C(=O)O)C(=O)NCc1ccc(NS(C)(=O)=O)cc1. The minimum Gasteiger partial charge on any atom is -0.480 e. The van der Waals surface area contributed by atoms with Crippen molar-refractivity contribution in [3.05, 3.63) is 77.4 Å². The molecule has 1 unspecified atom stereocenters. The van der Waals surface area contributed by atoms with Crippen LogP contribution in [-0.4, -0.2) is 67.0 Å². The summed E-state index contributed by atoms with van der Waals surface area (Å²) in [5.41, 5.74) is 1.69. The van der Waals surface area contributed by atoms with Gasteiger partial charge in [0.05, 0.1) is 23.4 Å². The Labute approximate surface area is 244 Å². The van der Waals surface area contributed by atoms with Crippen molar-refractivity contribution >= 4 is 50.2 Å². The Bertz CT molecular complexity index is 1570. The second-order valence-electron chi connectivity index (χ2n) is 10.8. The van der Waals surface area contributed by atoms with Crippen molar-refractivity contribution in [1.82, 2.24) is 15.5 Å². The van der Waals surface area contributed by atoms with Gasteiger partial charge in [0.2, 0.25) is 15.9 Å². The molecule has 2 atom stereocenters. The topological polar surface area (TPSA) is 162 Å². The van der Waals surface area contributed by atoms with Crippen LogP contribution in [0.5, 0.6) is 0 Å². The predicted molar refractivity (Wildman–Crippen MR) is 158 cm³/mol. The number of hydrogen-bond acceptors (Lipinski definition) is 7. The van der Waals surface area contributed by atoms with Crippen LogP contribution in [0.15, 0.2) is 60.7 Å². The Hall–Kier alpha value is -4.29. The number of benzene rings is 3. The van der Waals surface area contributed by atoms with Gasteiger partial charge in [-0.05, 0) is 59.4 Å². The Kier molecular flexibility index (Phi) is 9.27. The van der Waals surface area contributed by atoms with Gasteiger partial charge in [0.15, 0.2) is 0 Å². The summed E-state index contributed by atoms with van der Waals surface area (Å²) in [6.07, 6.45) is 1.32. The number of sulfonamides is 1. The van der Waals surface area contributed by atoms with E-state index in [0.717, 1.165) is 27.5 Å². The maximum atomic E-state index is 13.1. The van der Waals surface area contributed by atoms with Crippen LogP contribution >= 0.6 is 0 Å². The smallest absolute Gasteiger partial charge is 0.320 e. The number of amides is 3. The minimum atomic E-state index is -3.41. The van der Waals surface area contributed by atoms with E-state index in [1.165, 1.54) is 0 Å². The number of carbonyl (C=O) groups is 4. The summed E-state index contributed by atoms with van der Waals surface area (Å²) in [4.78, 5) is 52.5. The minimum absolute atomic E-state index is 0.0643. The molecular formula is C30H34N4O7S. The highest BCUT2D eigenvalue weighted by Crippen LogP contribution is 2.28. The molecule has 3 aromatic rings. The first kappa shape index (κ1) is 30.7. The van der Waals surface area contributed by atoms with E-state index in [0.29, 0.717) is 12.1 Å². The molecule has 222 valence electrons. The van der Waals surface area contributed by atoms with Gasteiger partial charge in [-0.3, -0.25) is 34.1 Å². The number of fused-ring (bicyclic) bond motifs is 2. The highest BCUT2D eigenvalue weighted by molar-refractivity contribution is 7.92. The van der Waals surface area contributed by atoms with Gasteiger partial charge in [0, 0.05) is 18.8 Å². The van der Waals surface area contributed by atoms with Gasteiger partial charge in [-0.25, -0.2) is 8.42 Å². The van der Waals surface area contributed by atoms with E-state index >= 15 is 0 Å². The standard InChI is InChI=1S/C30H34N4O7S/c1-18(2)14-26(27(35)31-17-19-8-10-22(11-9-19)33-42(3,40)41)32-25(30(38)39)12-13-34-28(36)23-15-20-6-4-5-7-21(20)16-24(23)29(34)37/h4-11,15-16,18,25-26,32-33H,12-14,17H2,1-3H3,(H,31,35)(H,38,39)/t25-,26?/m1/s1. The molecule has 1 aliphatic rings. The first-order valence-corrected chi connectivity index (χ1v) is 15.4. The molecule has 1 aliphatic heterocycles. The summed E-state index contributed by atoms with van der Waals surface area (Å²) in [5.74, 6) is -2.48. The van der Waals surface area contributed by atoms with Crippen molar-refractivity contribution in [2.45, 2.75) is 45.3 Å². The van der Waals surface area contributed by atoms with Crippen LogP contribution in [-0.2, 0) is 26.2 Å². The van der Waals surface area contributed by atoms with E-state index in [2.05, 4.69) is 15.4 Å². The first-order chi connectivity index (χ1) is 19.8. The van der Waals surface area contributed by atoms with Crippen molar-refractivity contribution in [3.8, 4) is 0 Å². The normalized spacial score (nSPS) is 14.6. The average molecular weight is 595 g/mol. The molecule has 0 spiro atoms. The highest BCUT2D eigenvalue weighted by atomic mass is 32.2. The third-order valence-corrected chi connectivity index (χ3v) is 7.53. The van der Waals surface area contributed by atoms with Gasteiger partial charge in [-0.15, -0.1) is 0 Å². The van der Waals surface area contributed by atoms with Crippen molar-refractivity contribution in [3.63, 3.8) is 0 Å². The highest BCUT2D eigenvalue weighted by Gasteiger charge is 2.37. The Morgan fingerprint density at radius 1 is 0.905 bits per heavy atom. The molecule has 0 aliphatic carbocycles. The maximum absolute atomic E-state index is 13.1. The number of hydrogen-bond donors (Lipinski definition) is 4. The number of imide groups is 1. The van der Waals surface area contributed by atoms with E-state index in [4.69, 9.17) is 0 Å². The van der Waals surface area contributed by atoms with Gasteiger partial charge < -0.3 is 10.4 Å². The number of aliphatic carboxylic acids is 1. The van der Waals surface area contributed by atoms with Crippen molar-refractivity contribution in [1.29, 1.82) is 0 Å². The number of nitrogens with zero attached hydrogens (tertiary/aromatic N) is 1. The second-order valence-corrected chi connectivity index (χ2v) is 12.6. The number of carbonyl (C=O) groups excluding carboxylic acids is 3. The molecule has 0 saturated heterocycles. The summed E-state index contributed by atoms with van der Waals surface area (Å²) in [5, 5.41) is 17.3. The van der Waals surface area contributed by atoms with Crippen molar-refractivity contribution < 1.29 is 32.7 Å². The third kappa shape index (κ3) is 7.51. The van der Waals surface area contributed by atoms with Crippen LogP contribution in [0.25, 0.3) is 10.8 Å². The van der Waals surface area contributed by atoms with Gasteiger partial charge in [-0.1, -0.05) is 50.2 Å². The number of anilines is 1. The largest absolute Gasteiger partial charge is 0.480 e. The lowest BCUT2D eigenvalue weighted by molar-refractivity contribution is -0.140. The fourth-order valence-corrected chi connectivity index (χ4v) is 5.46. The molecule has 0 bridgehead atoms.